The van der Waals surface area contributed by atoms with Crippen LogP contribution in [0.15, 0.2) is 0 Å². The van der Waals surface area contributed by atoms with E-state index in [9.17, 15) is 0 Å². The summed E-state index contributed by atoms with van der Waals surface area (Å²) in [6.07, 6.45) is 2.36. The number of fused-ring (bicyclic) bond motifs is 1. The number of aromatic nitrogens is 3. The molecular weight excluding hydrogens is 268 g/mol. The van der Waals surface area contributed by atoms with Gasteiger partial charge in [-0.25, -0.2) is 4.68 Å². The highest BCUT2D eigenvalue weighted by Gasteiger charge is 2.31. The van der Waals surface area contributed by atoms with E-state index >= 15 is 0 Å². The lowest BCUT2D eigenvalue weighted by atomic mass is 9.95. The number of aryl methyl sites for hydroxylation is 1. The van der Waals surface area contributed by atoms with Crippen LogP contribution in [0.1, 0.15) is 37.1 Å². The molecular formula is C15H26N4O2. The molecule has 2 aliphatic heterocycles. The molecule has 6 heteroatoms. The molecule has 1 atom stereocenters. The predicted octanol–water partition coefficient (Wildman–Crippen LogP) is 1.27. The zero-order chi connectivity index (χ0) is 14.7. The smallest absolute Gasteiger partial charge is 0.100 e. The van der Waals surface area contributed by atoms with Crippen LogP contribution < -0.4 is 0 Å². The van der Waals surface area contributed by atoms with Crippen LogP contribution in [0.3, 0.4) is 0 Å². The van der Waals surface area contributed by atoms with Gasteiger partial charge in [0.1, 0.15) is 5.69 Å². The van der Waals surface area contributed by atoms with Crippen LogP contribution in [0, 0.1) is 5.92 Å². The molecule has 0 amide bonds. The zero-order valence-electron chi connectivity index (χ0n) is 13.1. The Bertz CT molecular complexity index is 457. The Kier molecular flexibility index (Phi) is 4.87. The van der Waals surface area contributed by atoms with E-state index in [0.29, 0.717) is 5.92 Å². The maximum absolute atomic E-state index is 5.46. The Hall–Kier alpha value is -0.980. The van der Waals surface area contributed by atoms with Crippen molar-refractivity contribution < 1.29 is 9.47 Å². The third kappa shape index (κ3) is 3.27. The van der Waals surface area contributed by atoms with Gasteiger partial charge in [-0.2, -0.15) is 0 Å². The van der Waals surface area contributed by atoms with Gasteiger partial charge in [0.25, 0.3) is 0 Å². The van der Waals surface area contributed by atoms with Crippen molar-refractivity contribution in [2.45, 2.75) is 38.8 Å². The molecule has 1 aromatic rings. The summed E-state index contributed by atoms with van der Waals surface area (Å²) in [6, 6.07) is 0. The molecule has 6 nitrogen and oxygen atoms in total. The van der Waals surface area contributed by atoms with Gasteiger partial charge < -0.3 is 9.47 Å². The van der Waals surface area contributed by atoms with Crippen LogP contribution >= 0.6 is 0 Å². The molecule has 3 heterocycles. The van der Waals surface area contributed by atoms with Crippen LogP contribution in [0.25, 0.3) is 0 Å². The first-order valence-electron chi connectivity index (χ1n) is 8.03. The predicted molar refractivity (Wildman–Crippen MR) is 79.1 cm³/mol. The normalized spacial score (nSPS) is 24.2. The van der Waals surface area contributed by atoms with Gasteiger partial charge in [0, 0.05) is 52.4 Å². The lowest BCUT2D eigenvalue weighted by molar-refractivity contribution is 0.0456. The summed E-state index contributed by atoms with van der Waals surface area (Å²) < 4.78 is 12.9. The first-order valence-corrected chi connectivity index (χ1v) is 8.03. The second-order valence-corrected chi connectivity index (χ2v) is 6.14. The number of hydrogen-bond donors (Lipinski definition) is 0. The highest BCUT2D eigenvalue weighted by Crippen LogP contribution is 2.29. The minimum absolute atomic E-state index is 0.383. The highest BCUT2D eigenvalue weighted by atomic mass is 16.5. The van der Waals surface area contributed by atoms with Crippen LogP contribution in [0.4, 0.5) is 0 Å². The van der Waals surface area contributed by atoms with E-state index in [-0.39, 0.29) is 0 Å². The topological polar surface area (TPSA) is 52.4 Å². The van der Waals surface area contributed by atoms with Crippen molar-refractivity contribution in [3.63, 3.8) is 0 Å². The van der Waals surface area contributed by atoms with Gasteiger partial charge in [-0.05, 0) is 25.7 Å². The van der Waals surface area contributed by atoms with Crippen molar-refractivity contribution in [1.82, 2.24) is 19.9 Å². The molecule has 118 valence electrons. The summed E-state index contributed by atoms with van der Waals surface area (Å²) >= 11 is 0. The van der Waals surface area contributed by atoms with E-state index in [1.807, 2.05) is 4.68 Å². The van der Waals surface area contributed by atoms with Crippen LogP contribution in [0.5, 0.6) is 0 Å². The van der Waals surface area contributed by atoms with Crippen molar-refractivity contribution in [2.75, 3.05) is 40.0 Å². The summed E-state index contributed by atoms with van der Waals surface area (Å²) in [6.45, 7) is 8.68. The summed E-state index contributed by atoms with van der Waals surface area (Å²) in [5.74, 6) is 1.14. The second kappa shape index (κ2) is 6.85. The molecule has 1 fully saturated rings. The summed E-state index contributed by atoms with van der Waals surface area (Å²) in [5.41, 5.74) is 2.42. The average Bonchev–Trinajstić information content (AvgIpc) is 2.92. The summed E-state index contributed by atoms with van der Waals surface area (Å²) in [7, 11) is 1.77. The zero-order valence-corrected chi connectivity index (χ0v) is 13.1. The van der Waals surface area contributed by atoms with Gasteiger partial charge in [-0.3, -0.25) is 4.90 Å². The SMILES string of the molecule is CCn1nnc2c1[C@H](COC)CN(CC1CCOCC1)C2. The molecule has 0 N–H and O–H groups in total. The molecule has 21 heavy (non-hydrogen) atoms. The Labute approximate surface area is 126 Å². The molecule has 0 saturated carbocycles. The Morgan fingerprint density at radius 2 is 2.14 bits per heavy atom. The molecule has 0 bridgehead atoms. The molecule has 0 spiro atoms. The molecule has 3 rings (SSSR count). The van der Waals surface area contributed by atoms with Crippen LogP contribution in [-0.2, 0) is 22.6 Å². The van der Waals surface area contributed by atoms with Crippen molar-refractivity contribution >= 4 is 0 Å². The number of hydrogen-bond acceptors (Lipinski definition) is 5. The van der Waals surface area contributed by atoms with E-state index in [0.717, 1.165) is 57.6 Å². The minimum Gasteiger partial charge on any atom is -0.384 e. The fraction of sp³-hybridized carbons (Fsp3) is 0.867. The fourth-order valence-corrected chi connectivity index (χ4v) is 3.59. The third-order valence-corrected chi connectivity index (χ3v) is 4.61. The molecule has 1 aromatic heterocycles. The van der Waals surface area contributed by atoms with E-state index in [1.165, 1.54) is 18.5 Å². The van der Waals surface area contributed by atoms with Gasteiger partial charge in [-0.1, -0.05) is 5.21 Å². The van der Waals surface area contributed by atoms with Crippen LogP contribution in [0.2, 0.25) is 0 Å². The number of ether oxygens (including phenoxy) is 2. The number of rotatable bonds is 5. The maximum Gasteiger partial charge on any atom is 0.100 e. The van der Waals surface area contributed by atoms with Crippen molar-refractivity contribution in [1.29, 1.82) is 0 Å². The molecule has 0 aromatic carbocycles. The molecule has 2 aliphatic rings. The summed E-state index contributed by atoms with van der Waals surface area (Å²) in [4.78, 5) is 2.52. The third-order valence-electron chi connectivity index (χ3n) is 4.61. The largest absolute Gasteiger partial charge is 0.384 e. The first-order chi connectivity index (χ1) is 10.3. The van der Waals surface area contributed by atoms with E-state index in [4.69, 9.17) is 9.47 Å². The van der Waals surface area contributed by atoms with E-state index < -0.39 is 0 Å². The summed E-state index contributed by atoms with van der Waals surface area (Å²) in [5, 5.41) is 8.69. The van der Waals surface area contributed by atoms with Gasteiger partial charge in [0.2, 0.25) is 0 Å². The van der Waals surface area contributed by atoms with Gasteiger partial charge >= 0.3 is 0 Å². The maximum atomic E-state index is 5.46. The molecule has 1 saturated heterocycles. The van der Waals surface area contributed by atoms with Crippen molar-refractivity contribution in [3.05, 3.63) is 11.4 Å². The average molecular weight is 294 g/mol. The van der Waals surface area contributed by atoms with Crippen LogP contribution in [-0.4, -0.2) is 59.9 Å². The molecule has 0 aliphatic carbocycles. The molecule has 0 radical (unpaired) electrons. The van der Waals surface area contributed by atoms with E-state index in [2.05, 4.69) is 22.1 Å². The Morgan fingerprint density at radius 3 is 2.86 bits per heavy atom. The lowest BCUT2D eigenvalue weighted by Crippen LogP contribution is -2.40. The lowest BCUT2D eigenvalue weighted by Gasteiger charge is -2.35. The second-order valence-electron chi connectivity index (χ2n) is 6.14. The Morgan fingerprint density at radius 1 is 1.33 bits per heavy atom. The van der Waals surface area contributed by atoms with Crippen molar-refractivity contribution in [3.8, 4) is 0 Å². The first kappa shape index (κ1) is 14.9. The monoisotopic (exact) mass is 294 g/mol. The quantitative estimate of drug-likeness (QED) is 0.818. The van der Waals surface area contributed by atoms with Gasteiger partial charge in [0.15, 0.2) is 0 Å². The van der Waals surface area contributed by atoms with Gasteiger partial charge in [-0.15, -0.1) is 5.10 Å². The number of methoxy groups -OCH3 is 1. The standard InChI is InChI=1S/C15H26N4O2/c1-3-19-15-13(11-20-2)9-18(10-14(15)16-17-19)8-12-4-6-21-7-5-12/h12-13H,3-11H2,1-2H3/t13-/m0/s1. The minimum atomic E-state index is 0.383. The fourth-order valence-electron chi connectivity index (χ4n) is 3.59. The van der Waals surface area contributed by atoms with Crippen molar-refractivity contribution in [2.24, 2.45) is 5.92 Å². The number of nitrogens with zero attached hydrogens (tertiary/aromatic N) is 4. The Balaban J connectivity index is 1.71. The molecule has 0 unspecified atom stereocenters. The van der Waals surface area contributed by atoms with Gasteiger partial charge in [0.05, 0.1) is 12.3 Å². The van der Waals surface area contributed by atoms with E-state index in [1.54, 1.807) is 7.11 Å². The highest BCUT2D eigenvalue weighted by molar-refractivity contribution is 5.20.